The Kier molecular flexibility index (Phi) is 4.49. The maximum atomic E-state index is 11.2. The second kappa shape index (κ2) is 6.11. The first kappa shape index (κ1) is 13.2. The molecule has 0 bridgehead atoms. The second-order valence-corrected chi connectivity index (χ2v) is 5.40. The maximum Gasteiger partial charge on any atom is 0.321 e. The molecule has 1 aliphatic heterocycles. The Bertz CT molecular complexity index is 407. The van der Waals surface area contributed by atoms with Gasteiger partial charge in [-0.2, -0.15) is 11.8 Å². The van der Waals surface area contributed by atoms with Crippen LogP contribution >= 0.6 is 11.8 Å². The lowest BCUT2D eigenvalue weighted by Crippen LogP contribution is -2.46. The summed E-state index contributed by atoms with van der Waals surface area (Å²) >= 11 is 1.71. The molecule has 1 aliphatic rings. The first-order valence-corrected chi connectivity index (χ1v) is 7.03. The summed E-state index contributed by atoms with van der Waals surface area (Å²) in [5, 5.41) is 9.19. The van der Waals surface area contributed by atoms with Gasteiger partial charge in [-0.25, -0.2) is 0 Å². The van der Waals surface area contributed by atoms with Gasteiger partial charge < -0.3 is 9.84 Å². The van der Waals surface area contributed by atoms with E-state index in [2.05, 4.69) is 0 Å². The van der Waals surface area contributed by atoms with E-state index in [4.69, 9.17) is 4.74 Å². The number of nitrogens with zero attached hydrogens (tertiary/aromatic N) is 1. The minimum Gasteiger partial charge on any atom is -0.497 e. The molecule has 0 aromatic heterocycles. The van der Waals surface area contributed by atoms with E-state index < -0.39 is 5.97 Å². The first-order valence-electron chi connectivity index (χ1n) is 5.88. The summed E-state index contributed by atoms with van der Waals surface area (Å²) in [5.41, 5.74) is 1.12. The average molecular weight is 267 g/mol. The molecule has 0 saturated carbocycles. The molecule has 4 nitrogen and oxygen atoms in total. The number of rotatable bonds is 4. The highest BCUT2D eigenvalue weighted by molar-refractivity contribution is 7.99. The van der Waals surface area contributed by atoms with E-state index in [-0.39, 0.29) is 6.04 Å². The predicted octanol–water partition coefficient (Wildman–Crippen LogP) is 1.70. The molecule has 1 aromatic carbocycles. The van der Waals surface area contributed by atoms with Gasteiger partial charge in [0.05, 0.1) is 7.11 Å². The van der Waals surface area contributed by atoms with Gasteiger partial charge in [0.2, 0.25) is 0 Å². The largest absolute Gasteiger partial charge is 0.497 e. The SMILES string of the molecule is COc1ccc(CN2CCSCC2C(=O)O)cc1. The molecule has 0 radical (unpaired) electrons. The molecule has 1 atom stereocenters. The highest BCUT2D eigenvalue weighted by atomic mass is 32.2. The monoisotopic (exact) mass is 267 g/mol. The maximum absolute atomic E-state index is 11.2. The quantitative estimate of drug-likeness (QED) is 0.899. The Labute approximate surface area is 111 Å². The second-order valence-electron chi connectivity index (χ2n) is 4.25. The fourth-order valence-corrected chi connectivity index (χ4v) is 3.13. The zero-order valence-electron chi connectivity index (χ0n) is 10.3. The van der Waals surface area contributed by atoms with E-state index in [1.807, 2.05) is 29.2 Å². The number of methoxy groups -OCH3 is 1. The molecule has 1 aromatic rings. The van der Waals surface area contributed by atoms with Crippen LogP contribution < -0.4 is 4.74 Å². The lowest BCUT2D eigenvalue weighted by molar-refractivity contribution is -0.142. The molecule has 2 rings (SSSR count). The average Bonchev–Trinajstić information content (AvgIpc) is 2.40. The molecule has 1 saturated heterocycles. The van der Waals surface area contributed by atoms with Crippen molar-refractivity contribution in [3.63, 3.8) is 0 Å². The lowest BCUT2D eigenvalue weighted by Gasteiger charge is -2.32. The molecule has 18 heavy (non-hydrogen) atoms. The van der Waals surface area contributed by atoms with E-state index >= 15 is 0 Å². The number of hydrogen-bond donors (Lipinski definition) is 1. The van der Waals surface area contributed by atoms with E-state index in [1.54, 1.807) is 18.9 Å². The topological polar surface area (TPSA) is 49.8 Å². The Hall–Kier alpha value is -1.20. The molecule has 0 amide bonds. The van der Waals surface area contributed by atoms with Crippen molar-refractivity contribution in [2.45, 2.75) is 12.6 Å². The number of benzene rings is 1. The van der Waals surface area contributed by atoms with Crippen LogP contribution in [0.15, 0.2) is 24.3 Å². The van der Waals surface area contributed by atoms with Crippen molar-refractivity contribution in [3.8, 4) is 5.75 Å². The molecule has 1 N–H and O–H groups in total. The Morgan fingerprint density at radius 1 is 1.50 bits per heavy atom. The third-order valence-corrected chi connectivity index (χ3v) is 4.09. The highest BCUT2D eigenvalue weighted by Crippen LogP contribution is 2.20. The van der Waals surface area contributed by atoms with Crippen LogP contribution in [0, 0.1) is 0 Å². The third-order valence-electron chi connectivity index (χ3n) is 3.07. The van der Waals surface area contributed by atoms with Crippen LogP contribution in [0.5, 0.6) is 5.75 Å². The molecular weight excluding hydrogens is 250 g/mol. The zero-order chi connectivity index (χ0) is 13.0. The van der Waals surface area contributed by atoms with E-state index in [0.717, 1.165) is 23.6 Å². The summed E-state index contributed by atoms with van der Waals surface area (Å²) in [5.74, 6) is 1.77. The van der Waals surface area contributed by atoms with Crippen LogP contribution in [0.2, 0.25) is 0 Å². The standard InChI is InChI=1S/C13H17NO3S/c1-17-11-4-2-10(3-5-11)8-14-6-7-18-9-12(14)13(15)16/h2-5,12H,6-9H2,1H3,(H,15,16). The minimum atomic E-state index is -0.726. The first-order chi connectivity index (χ1) is 8.70. The Morgan fingerprint density at radius 2 is 2.22 bits per heavy atom. The minimum absolute atomic E-state index is 0.370. The number of ether oxygens (including phenoxy) is 1. The third kappa shape index (κ3) is 3.17. The van der Waals surface area contributed by atoms with Gasteiger partial charge in [0.15, 0.2) is 0 Å². The summed E-state index contributed by atoms with van der Waals surface area (Å²) in [6.45, 7) is 1.51. The smallest absolute Gasteiger partial charge is 0.321 e. The number of carboxylic acid groups (broad SMARTS) is 1. The van der Waals surface area contributed by atoms with Gasteiger partial charge in [0, 0.05) is 24.6 Å². The van der Waals surface area contributed by atoms with Crippen LogP contribution in [0.1, 0.15) is 5.56 Å². The van der Waals surface area contributed by atoms with Crippen LogP contribution in [-0.2, 0) is 11.3 Å². The highest BCUT2D eigenvalue weighted by Gasteiger charge is 2.28. The number of thioether (sulfide) groups is 1. The van der Waals surface area contributed by atoms with Crippen molar-refractivity contribution in [1.29, 1.82) is 0 Å². The van der Waals surface area contributed by atoms with E-state index in [1.165, 1.54) is 0 Å². The molecular formula is C13H17NO3S. The summed E-state index contributed by atoms with van der Waals surface area (Å²) in [6, 6.07) is 7.41. The van der Waals surface area contributed by atoms with Gasteiger partial charge in [-0.1, -0.05) is 12.1 Å². The van der Waals surface area contributed by atoms with Crippen molar-refractivity contribution in [3.05, 3.63) is 29.8 Å². The van der Waals surface area contributed by atoms with Crippen LogP contribution in [0.25, 0.3) is 0 Å². The van der Waals surface area contributed by atoms with Crippen molar-refractivity contribution in [1.82, 2.24) is 4.90 Å². The van der Waals surface area contributed by atoms with Crippen molar-refractivity contribution in [2.24, 2.45) is 0 Å². The molecule has 0 spiro atoms. The van der Waals surface area contributed by atoms with Crippen molar-refractivity contribution >= 4 is 17.7 Å². The molecule has 1 heterocycles. The van der Waals surface area contributed by atoms with E-state index in [9.17, 15) is 9.90 Å². The predicted molar refractivity (Wildman–Crippen MR) is 72.2 cm³/mol. The summed E-state index contributed by atoms with van der Waals surface area (Å²) < 4.78 is 5.11. The van der Waals surface area contributed by atoms with Gasteiger partial charge >= 0.3 is 5.97 Å². The van der Waals surface area contributed by atoms with E-state index in [0.29, 0.717) is 12.3 Å². The van der Waals surface area contributed by atoms with Gasteiger partial charge in [0.25, 0.3) is 0 Å². The number of aliphatic carboxylic acids is 1. The number of hydrogen-bond acceptors (Lipinski definition) is 4. The number of carboxylic acids is 1. The molecule has 5 heteroatoms. The summed E-state index contributed by atoms with van der Waals surface area (Å²) in [4.78, 5) is 13.2. The van der Waals surface area contributed by atoms with Crippen LogP contribution in [0.4, 0.5) is 0 Å². The van der Waals surface area contributed by atoms with Crippen LogP contribution in [0.3, 0.4) is 0 Å². The van der Waals surface area contributed by atoms with Gasteiger partial charge in [-0.15, -0.1) is 0 Å². The molecule has 98 valence electrons. The summed E-state index contributed by atoms with van der Waals surface area (Å²) in [7, 11) is 1.64. The number of carbonyl (C=O) groups is 1. The normalized spacial score (nSPS) is 20.6. The van der Waals surface area contributed by atoms with Gasteiger partial charge in [0.1, 0.15) is 11.8 Å². The van der Waals surface area contributed by atoms with Crippen molar-refractivity contribution < 1.29 is 14.6 Å². The molecule has 1 unspecified atom stereocenters. The Balaban J connectivity index is 2.03. The zero-order valence-corrected chi connectivity index (χ0v) is 11.2. The van der Waals surface area contributed by atoms with Gasteiger partial charge in [-0.05, 0) is 17.7 Å². The fraction of sp³-hybridized carbons (Fsp3) is 0.462. The molecule has 1 fully saturated rings. The van der Waals surface area contributed by atoms with Crippen LogP contribution in [-0.4, -0.2) is 47.2 Å². The fourth-order valence-electron chi connectivity index (χ4n) is 2.02. The van der Waals surface area contributed by atoms with Gasteiger partial charge in [-0.3, -0.25) is 9.69 Å². The summed E-state index contributed by atoms with van der Waals surface area (Å²) in [6.07, 6.45) is 0. The lowest BCUT2D eigenvalue weighted by atomic mass is 10.1. The van der Waals surface area contributed by atoms with Crippen molar-refractivity contribution in [2.75, 3.05) is 25.2 Å². The molecule has 0 aliphatic carbocycles. The Morgan fingerprint density at radius 3 is 2.83 bits per heavy atom.